The van der Waals surface area contributed by atoms with Gasteiger partial charge in [0.05, 0.1) is 24.8 Å². The summed E-state index contributed by atoms with van der Waals surface area (Å²) in [6, 6.07) is 12.9. The largest absolute Gasteiger partial charge is 0.497 e. The van der Waals surface area contributed by atoms with Crippen molar-refractivity contribution >= 4 is 26.5 Å². The molecule has 0 amide bonds. The summed E-state index contributed by atoms with van der Waals surface area (Å²) in [6.45, 7) is 8.37. The predicted molar refractivity (Wildman–Crippen MR) is 137 cm³/mol. The number of nitrogens with zero attached hydrogens (tertiary/aromatic N) is 3. The van der Waals surface area contributed by atoms with Gasteiger partial charge < -0.3 is 14.4 Å². The van der Waals surface area contributed by atoms with Gasteiger partial charge in [0, 0.05) is 43.2 Å². The van der Waals surface area contributed by atoms with E-state index in [1.165, 1.54) is 0 Å². The maximum atomic E-state index is 13.2. The Labute approximate surface area is 206 Å². The summed E-state index contributed by atoms with van der Waals surface area (Å²) in [5.41, 5.74) is 2.85. The Kier molecular flexibility index (Phi) is 6.89. The van der Waals surface area contributed by atoms with Crippen LogP contribution in [0.4, 0.5) is 5.13 Å². The van der Waals surface area contributed by atoms with Crippen LogP contribution in [0.25, 0.3) is 11.3 Å². The normalized spacial score (nSPS) is 15.4. The molecule has 0 N–H and O–H groups in total. The maximum absolute atomic E-state index is 13.2. The SMILES string of the molecule is COc1cc(OC)cc(-c2csc(N3CCN(S(=O)(=O)c4ccc(C(C)(C)C)cc4)CC3)n2)c1. The van der Waals surface area contributed by atoms with E-state index in [9.17, 15) is 8.42 Å². The summed E-state index contributed by atoms with van der Waals surface area (Å²) >= 11 is 1.55. The molecule has 0 bridgehead atoms. The molecule has 2 heterocycles. The average molecular weight is 502 g/mol. The summed E-state index contributed by atoms with van der Waals surface area (Å²) < 4.78 is 38.6. The van der Waals surface area contributed by atoms with Crippen molar-refractivity contribution < 1.29 is 17.9 Å². The summed E-state index contributed by atoms with van der Waals surface area (Å²) in [7, 11) is -0.276. The molecule has 7 nitrogen and oxygen atoms in total. The molecule has 0 saturated carbocycles. The minimum Gasteiger partial charge on any atom is -0.497 e. The predicted octanol–water partition coefficient (Wildman–Crippen LogP) is 4.64. The smallest absolute Gasteiger partial charge is 0.243 e. The Hall–Kier alpha value is -2.62. The first-order valence-corrected chi connectivity index (χ1v) is 13.5. The summed E-state index contributed by atoms with van der Waals surface area (Å²) in [5, 5.41) is 2.88. The van der Waals surface area contributed by atoms with Crippen molar-refractivity contribution in [1.82, 2.24) is 9.29 Å². The lowest BCUT2D eigenvalue weighted by Crippen LogP contribution is -2.48. The number of piperazine rings is 1. The molecule has 0 radical (unpaired) electrons. The fraction of sp³-hybridized carbons (Fsp3) is 0.400. The second kappa shape index (κ2) is 9.56. The van der Waals surface area contributed by atoms with Gasteiger partial charge in [0.25, 0.3) is 0 Å². The van der Waals surface area contributed by atoms with Gasteiger partial charge in [-0.3, -0.25) is 0 Å². The molecule has 34 heavy (non-hydrogen) atoms. The van der Waals surface area contributed by atoms with Crippen molar-refractivity contribution in [1.29, 1.82) is 0 Å². The van der Waals surface area contributed by atoms with Gasteiger partial charge in [-0.25, -0.2) is 13.4 Å². The fourth-order valence-corrected chi connectivity index (χ4v) is 6.20. The molecule has 0 unspecified atom stereocenters. The number of anilines is 1. The van der Waals surface area contributed by atoms with E-state index in [1.807, 2.05) is 35.7 Å². The Bertz CT molecular complexity index is 1220. The lowest BCUT2D eigenvalue weighted by Gasteiger charge is -2.33. The molecule has 0 spiro atoms. The molecular formula is C25H31N3O4S2. The van der Waals surface area contributed by atoms with Crippen LogP contribution in [0.2, 0.25) is 0 Å². The summed E-state index contributed by atoms with van der Waals surface area (Å²) in [5.74, 6) is 1.41. The highest BCUT2D eigenvalue weighted by Gasteiger charge is 2.30. The van der Waals surface area contributed by atoms with Crippen LogP contribution in [-0.2, 0) is 15.4 Å². The molecule has 1 fully saturated rings. The number of sulfonamides is 1. The third-order valence-electron chi connectivity index (χ3n) is 6.01. The number of benzene rings is 2. The zero-order valence-electron chi connectivity index (χ0n) is 20.2. The molecule has 1 aromatic heterocycles. The Balaban J connectivity index is 1.45. The zero-order valence-corrected chi connectivity index (χ0v) is 21.9. The van der Waals surface area contributed by atoms with Crippen molar-refractivity contribution in [3.05, 3.63) is 53.4 Å². The summed E-state index contributed by atoms with van der Waals surface area (Å²) in [4.78, 5) is 7.28. The Morgan fingerprint density at radius 2 is 1.50 bits per heavy atom. The molecule has 3 aromatic rings. The highest BCUT2D eigenvalue weighted by molar-refractivity contribution is 7.89. The minimum atomic E-state index is -3.52. The topological polar surface area (TPSA) is 72.0 Å². The van der Waals surface area contributed by atoms with Crippen LogP contribution >= 0.6 is 11.3 Å². The number of thiazole rings is 1. The van der Waals surface area contributed by atoms with Gasteiger partial charge in [-0.2, -0.15) is 4.31 Å². The molecule has 0 aliphatic carbocycles. The molecule has 1 aliphatic rings. The zero-order chi connectivity index (χ0) is 24.5. The van der Waals surface area contributed by atoms with E-state index < -0.39 is 10.0 Å². The van der Waals surface area contributed by atoms with Gasteiger partial charge in [-0.05, 0) is 35.2 Å². The van der Waals surface area contributed by atoms with Crippen LogP contribution in [0, 0.1) is 0 Å². The second-order valence-corrected chi connectivity index (χ2v) is 12.1. The van der Waals surface area contributed by atoms with E-state index in [1.54, 1.807) is 42.0 Å². The molecule has 2 aromatic carbocycles. The molecular weight excluding hydrogens is 470 g/mol. The van der Waals surface area contributed by atoms with Gasteiger partial charge in [0.1, 0.15) is 11.5 Å². The number of hydrogen-bond donors (Lipinski definition) is 0. The third kappa shape index (κ3) is 5.06. The van der Waals surface area contributed by atoms with Crippen LogP contribution in [0.15, 0.2) is 52.7 Å². The quantitative estimate of drug-likeness (QED) is 0.490. The van der Waals surface area contributed by atoms with Crippen LogP contribution in [-0.4, -0.2) is 58.1 Å². The molecule has 1 saturated heterocycles. The standard InChI is InChI=1S/C25H31N3O4S2/c1-25(2,3)19-6-8-22(9-7-19)34(29,30)28-12-10-27(11-13-28)24-26-23(17-33-24)18-14-20(31-4)16-21(15-18)32-5/h6-9,14-17H,10-13H2,1-5H3. The molecule has 4 rings (SSSR count). The van der Waals surface area contributed by atoms with E-state index in [2.05, 4.69) is 25.7 Å². The van der Waals surface area contributed by atoms with Gasteiger partial charge in [0.2, 0.25) is 10.0 Å². The molecule has 182 valence electrons. The Morgan fingerprint density at radius 3 is 2.03 bits per heavy atom. The van der Waals surface area contributed by atoms with Crippen molar-refractivity contribution in [3.8, 4) is 22.8 Å². The minimum absolute atomic E-state index is 0.0174. The highest BCUT2D eigenvalue weighted by Crippen LogP contribution is 2.33. The van der Waals surface area contributed by atoms with Crippen molar-refractivity contribution in [3.63, 3.8) is 0 Å². The monoisotopic (exact) mass is 501 g/mol. The average Bonchev–Trinajstić information content (AvgIpc) is 3.34. The van der Waals surface area contributed by atoms with E-state index in [-0.39, 0.29) is 5.41 Å². The van der Waals surface area contributed by atoms with Crippen molar-refractivity contribution in [2.45, 2.75) is 31.1 Å². The fourth-order valence-electron chi connectivity index (χ4n) is 3.89. The van der Waals surface area contributed by atoms with Crippen molar-refractivity contribution in [2.75, 3.05) is 45.3 Å². The number of ether oxygens (including phenoxy) is 2. The molecule has 0 atom stereocenters. The molecule has 1 aliphatic heterocycles. The van der Waals surface area contributed by atoms with Gasteiger partial charge in [-0.15, -0.1) is 11.3 Å². The third-order valence-corrected chi connectivity index (χ3v) is 8.82. The number of rotatable bonds is 6. The first-order valence-electron chi connectivity index (χ1n) is 11.2. The second-order valence-electron chi connectivity index (χ2n) is 9.28. The van der Waals surface area contributed by atoms with Crippen molar-refractivity contribution in [2.24, 2.45) is 0 Å². The van der Waals surface area contributed by atoms with Gasteiger partial charge in [-0.1, -0.05) is 32.9 Å². The number of aromatic nitrogens is 1. The van der Waals surface area contributed by atoms with Gasteiger partial charge in [0.15, 0.2) is 5.13 Å². The lowest BCUT2D eigenvalue weighted by molar-refractivity contribution is 0.384. The van der Waals surface area contributed by atoms with E-state index in [0.717, 1.165) is 22.0 Å². The van der Waals surface area contributed by atoms with Crippen LogP contribution in [0.5, 0.6) is 11.5 Å². The van der Waals surface area contributed by atoms with E-state index >= 15 is 0 Å². The van der Waals surface area contributed by atoms with Gasteiger partial charge >= 0.3 is 0 Å². The van der Waals surface area contributed by atoms with Crippen LogP contribution < -0.4 is 14.4 Å². The highest BCUT2D eigenvalue weighted by atomic mass is 32.2. The number of methoxy groups -OCH3 is 2. The van der Waals surface area contributed by atoms with Crippen LogP contribution in [0.3, 0.4) is 0 Å². The van der Waals surface area contributed by atoms with E-state index in [0.29, 0.717) is 42.6 Å². The van der Waals surface area contributed by atoms with Crippen LogP contribution in [0.1, 0.15) is 26.3 Å². The number of hydrogen-bond acceptors (Lipinski definition) is 7. The summed E-state index contributed by atoms with van der Waals surface area (Å²) in [6.07, 6.45) is 0. The molecule has 9 heteroatoms. The first-order chi connectivity index (χ1) is 16.1. The lowest BCUT2D eigenvalue weighted by atomic mass is 9.87. The Morgan fingerprint density at radius 1 is 0.912 bits per heavy atom. The maximum Gasteiger partial charge on any atom is 0.243 e. The van der Waals surface area contributed by atoms with E-state index in [4.69, 9.17) is 14.5 Å². The first kappa shape index (κ1) is 24.5.